The molecule has 1 heterocycles. The van der Waals surface area contributed by atoms with Gasteiger partial charge in [0.15, 0.2) is 0 Å². The highest BCUT2D eigenvalue weighted by atomic mass is 15.2. The number of nitrogens with two attached hydrogens (primary N) is 1. The van der Waals surface area contributed by atoms with Crippen LogP contribution in [0.1, 0.15) is 32.2 Å². The first-order valence-electron chi connectivity index (χ1n) is 5.87. The van der Waals surface area contributed by atoms with Crippen LogP contribution in [-0.4, -0.2) is 28.5 Å². The van der Waals surface area contributed by atoms with Crippen molar-refractivity contribution < 1.29 is 0 Å². The van der Waals surface area contributed by atoms with Gasteiger partial charge in [0.05, 0.1) is 5.69 Å². The molecule has 1 rings (SSSR count). The zero-order valence-electron chi connectivity index (χ0n) is 10.8. The van der Waals surface area contributed by atoms with Gasteiger partial charge in [-0.05, 0) is 39.4 Å². The number of hydrogen-bond donors (Lipinski definition) is 1. The first-order valence-corrected chi connectivity index (χ1v) is 5.87. The SMILES string of the molecule is CCN(Cc1cccc(C)n1)C(C)(C)CN. The van der Waals surface area contributed by atoms with Gasteiger partial charge in [-0.25, -0.2) is 0 Å². The number of rotatable bonds is 5. The van der Waals surface area contributed by atoms with Gasteiger partial charge in [0.1, 0.15) is 0 Å². The van der Waals surface area contributed by atoms with Crippen molar-refractivity contribution in [3.63, 3.8) is 0 Å². The fourth-order valence-corrected chi connectivity index (χ4v) is 1.77. The third-order valence-electron chi connectivity index (χ3n) is 3.04. The van der Waals surface area contributed by atoms with Crippen molar-refractivity contribution in [1.29, 1.82) is 0 Å². The van der Waals surface area contributed by atoms with Gasteiger partial charge in [-0.3, -0.25) is 9.88 Å². The van der Waals surface area contributed by atoms with Gasteiger partial charge in [-0.1, -0.05) is 13.0 Å². The molecular weight excluding hydrogens is 198 g/mol. The fourth-order valence-electron chi connectivity index (χ4n) is 1.77. The molecule has 16 heavy (non-hydrogen) atoms. The van der Waals surface area contributed by atoms with Crippen LogP contribution in [0.15, 0.2) is 18.2 Å². The summed E-state index contributed by atoms with van der Waals surface area (Å²) in [5.41, 5.74) is 8.02. The summed E-state index contributed by atoms with van der Waals surface area (Å²) in [6, 6.07) is 6.15. The van der Waals surface area contributed by atoms with E-state index in [1.165, 1.54) is 0 Å². The Morgan fingerprint density at radius 1 is 1.38 bits per heavy atom. The van der Waals surface area contributed by atoms with Crippen molar-refractivity contribution in [1.82, 2.24) is 9.88 Å². The smallest absolute Gasteiger partial charge is 0.0547 e. The summed E-state index contributed by atoms with van der Waals surface area (Å²) in [4.78, 5) is 6.88. The Kier molecular flexibility index (Phi) is 4.44. The van der Waals surface area contributed by atoms with E-state index < -0.39 is 0 Å². The molecule has 0 spiro atoms. The molecule has 0 radical (unpaired) electrons. The Morgan fingerprint density at radius 3 is 2.56 bits per heavy atom. The van der Waals surface area contributed by atoms with Gasteiger partial charge in [-0.15, -0.1) is 0 Å². The van der Waals surface area contributed by atoms with Gasteiger partial charge < -0.3 is 5.73 Å². The normalized spacial score (nSPS) is 12.1. The molecule has 0 saturated carbocycles. The number of aryl methyl sites for hydroxylation is 1. The molecule has 0 bridgehead atoms. The van der Waals surface area contributed by atoms with E-state index in [-0.39, 0.29) is 5.54 Å². The summed E-state index contributed by atoms with van der Waals surface area (Å²) in [6.45, 7) is 11.0. The minimum atomic E-state index is 0.0280. The Labute approximate surface area is 98.7 Å². The lowest BCUT2D eigenvalue weighted by molar-refractivity contribution is 0.124. The van der Waals surface area contributed by atoms with Crippen molar-refractivity contribution in [2.75, 3.05) is 13.1 Å². The first-order chi connectivity index (χ1) is 7.49. The maximum absolute atomic E-state index is 5.80. The highest BCUT2D eigenvalue weighted by Gasteiger charge is 2.23. The molecule has 0 aromatic carbocycles. The van der Waals surface area contributed by atoms with Crippen LogP contribution >= 0.6 is 0 Å². The summed E-state index contributed by atoms with van der Waals surface area (Å²) in [7, 11) is 0. The molecule has 0 amide bonds. The molecule has 2 N–H and O–H groups in total. The molecule has 0 aliphatic carbocycles. The lowest BCUT2D eigenvalue weighted by Gasteiger charge is -2.36. The van der Waals surface area contributed by atoms with Gasteiger partial charge in [0.25, 0.3) is 0 Å². The third kappa shape index (κ3) is 3.29. The highest BCUT2D eigenvalue weighted by Crippen LogP contribution is 2.15. The second-order valence-electron chi connectivity index (χ2n) is 4.80. The largest absolute Gasteiger partial charge is 0.329 e. The van der Waals surface area contributed by atoms with Crippen molar-refractivity contribution in [2.45, 2.75) is 39.8 Å². The van der Waals surface area contributed by atoms with Crippen molar-refractivity contribution in [3.05, 3.63) is 29.6 Å². The molecule has 0 fully saturated rings. The van der Waals surface area contributed by atoms with Crippen LogP contribution in [0.25, 0.3) is 0 Å². The average molecular weight is 221 g/mol. The quantitative estimate of drug-likeness (QED) is 0.826. The van der Waals surface area contributed by atoms with Gasteiger partial charge in [-0.2, -0.15) is 0 Å². The van der Waals surface area contributed by atoms with E-state index in [4.69, 9.17) is 5.73 Å². The molecule has 0 aliphatic heterocycles. The lowest BCUT2D eigenvalue weighted by Crippen LogP contribution is -2.48. The standard InChI is InChI=1S/C13H23N3/c1-5-16(13(3,4)10-14)9-12-8-6-7-11(2)15-12/h6-8H,5,9-10,14H2,1-4H3. The Balaban J connectivity index is 2.78. The molecule has 1 aromatic rings. The van der Waals surface area contributed by atoms with Crippen LogP contribution in [0, 0.1) is 6.92 Å². The van der Waals surface area contributed by atoms with E-state index in [9.17, 15) is 0 Å². The molecular formula is C13H23N3. The molecule has 0 aliphatic rings. The van der Waals surface area contributed by atoms with Crippen LogP contribution in [0.5, 0.6) is 0 Å². The molecule has 0 unspecified atom stereocenters. The number of aromatic nitrogens is 1. The van der Waals surface area contributed by atoms with E-state index in [0.29, 0.717) is 6.54 Å². The minimum Gasteiger partial charge on any atom is -0.329 e. The zero-order valence-corrected chi connectivity index (χ0v) is 10.8. The minimum absolute atomic E-state index is 0.0280. The van der Waals surface area contributed by atoms with Crippen LogP contribution in [0.2, 0.25) is 0 Å². The van der Waals surface area contributed by atoms with Gasteiger partial charge >= 0.3 is 0 Å². The van der Waals surface area contributed by atoms with Crippen molar-refractivity contribution >= 4 is 0 Å². The van der Waals surface area contributed by atoms with E-state index in [2.05, 4.69) is 42.8 Å². The number of pyridine rings is 1. The summed E-state index contributed by atoms with van der Waals surface area (Å²) < 4.78 is 0. The van der Waals surface area contributed by atoms with Crippen LogP contribution in [0.4, 0.5) is 0 Å². The summed E-state index contributed by atoms with van der Waals surface area (Å²) in [5.74, 6) is 0. The van der Waals surface area contributed by atoms with Gasteiger partial charge in [0.2, 0.25) is 0 Å². The fraction of sp³-hybridized carbons (Fsp3) is 0.615. The predicted octanol–water partition coefficient (Wildman–Crippen LogP) is 1.95. The summed E-state index contributed by atoms with van der Waals surface area (Å²) >= 11 is 0. The van der Waals surface area contributed by atoms with Gasteiger partial charge in [0, 0.05) is 24.3 Å². The second kappa shape index (κ2) is 5.41. The van der Waals surface area contributed by atoms with Crippen LogP contribution < -0.4 is 5.73 Å². The van der Waals surface area contributed by atoms with Crippen LogP contribution in [0.3, 0.4) is 0 Å². The van der Waals surface area contributed by atoms with Crippen molar-refractivity contribution in [2.24, 2.45) is 5.73 Å². The summed E-state index contributed by atoms with van der Waals surface area (Å²) in [5, 5.41) is 0. The maximum Gasteiger partial charge on any atom is 0.0547 e. The summed E-state index contributed by atoms with van der Waals surface area (Å²) in [6.07, 6.45) is 0. The number of likely N-dealkylation sites (N-methyl/N-ethyl adjacent to an activating group) is 1. The monoisotopic (exact) mass is 221 g/mol. The third-order valence-corrected chi connectivity index (χ3v) is 3.04. The first kappa shape index (κ1) is 13.1. The highest BCUT2D eigenvalue weighted by molar-refractivity contribution is 5.10. The maximum atomic E-state index is 5.80. The molecule has 3 nitrogen and oxygen atoms in total. The lowest BCUT2D eigenvalue weighted by atomic mass is 10.0. The van der Waals surface area contributed by atoms with E-state index in [1.54, 1.807) is 0 Å². The van der Waals surface area contributed by atoms with E-state index in [1.807, 2.05) is 13.0 Å². The van der Waals surface area contributed by atoms with Crippen molar-refractivity contribution in [3.8, 4) is 0 Å². The molecule has 0 saturated heterocycles. The molecule has 1 aromatic heterocycles. The van der Waals surface area contributed by atoms with E-state index >= 15 is 0 Å². The Morgan fingerprint density at radius 2 is 2.06 bits per heavy atom. The Bertz CT molecular complexity index is 334. The Hall–Kier alpha value is -0.930. The number of hydrogen-bond acceptors (Lipinski definition) is 3. The molecule has 3 heteroatoms. The zero-order chi connectivity index (χ0) is 12.2. The van der Waals surface area contributed by atoms with E-state index in [0.717, 1.165) is 24.5 Å². The number of nitrogens with zero attached hydrogens (tertiary/aromatic N) is 2. The van der Waals surface area contributed by atoms with Crippen LogP contribution in [-0.2, 0) is 6.54 Å². The average Bonchev–Trinajstić information content (AvgIpc) is 2.25. The molecule has 0 atom stereocenters. The molecule has 90 valence electrons. The predicted molar refractivity (Wildman–Crippen MR) is 68.2 cm³/mol. The topological polar surface area (TPSA) is 42.2 Å². The second-order valence-corrected chi connectivity index (χ2v) is 4.80.